The molecule has 6 heteroatoms. The molecule has 1 fully saturated rings. The molecule has 1 aromatic heterocycles. The molecule has 128 valence electrons. The van der Waals surface area contributed by atoms with Crippen LogP contribution in [0.1, 0.15) is 30.0 Å². The second-order valence-corrected chi connectivity index (χ2v) is 6.80. The van der Waals surface area contributed by atoms with Crippen LogP contribution in [0.4, 0.5) is 4.39 Å². The van der Waals surface area contributed by atoms with Gasteiger partial charge in [0, 0.05) is 12.1 Å². The minimum absolute atomic E-state index is 0.205. The predicted molar refractivity (Wildman–Crippen MR) is 91.0 cm³/mol. The highest BCUT2D eigenvalue weighted by Gasteiger charge is 2.32. The molecule has 4 nitrogen and oxygen atoms in total. The summed E-state index contributed by atoms with van der Waals surface area (Å²) < 4.78 is 19.3. The lowest BCUT2D eigenvalue weighted by molar-refractivity contribution is -0.143. The Bertz CT molecular complexity index is 704. The summed E-state index contributed by atoms with van der Waals surface area (Å²) in [6, 6.07) is 6.30. The van der Waals surface area contributed by atoms with Gasteiger partial charge in [0.1, 0.15) is 11.6 Å². The summed E-state index contributed by atoms with van der Waals surface area (Å²) in [5.74, 6) is -0.864. The number of piperidine rings is 1. The lowest BCUT2D eigenvalue weighted by atomic mass is 9.92. The van der Waals surface area contributed by atoms with E-state index in [0.717, 1.165) is 24.1 Å². The van der Waals surface area contributed by atoms with Crippen LogP contribution < -0.4 is 4.74 Å². The molecule has 1 saturated heterocycles. The van der Waals surface area contributed by atoms with Crippen molar-refractivity contribution in [1.29, 1.82) is 0 Å². The van der Waals surface area contributed by atoms with Gasteiger partial charge in [0.15, 0.2) is 0 Å². The average molecular weight is 349 g/mol. The predicted octanol–water partition coefficient (Wildman–Crippen LogP) is 3.78. The van der Waals surface area contributed by atoms with Gasteiger partial charge in [-0.3, -0.25) is 9.69 Å². The van der Waals surface area contributed by atoms with E-state index >= 15 is 0 Å². The van der Waals surface area contributed by atoms with Gasteiger partial charge in [0.25, 0.3) is 0 Å². The van der Waals surface area contributed by atoms with Gasteiger partial charge in [-0.15, -0.1) is 0 Å². The van der Waals surface area contributed by atoms with Gasteiger partial charge in [-0.25, -0.2) is 4.39 Å². The first-order valence-electron chi connectivity index (χ1n) is 7.92. The normalized spacial score (nSPS) is 19.8. The first-order chi connectivity index (χ1) is 11.6. The second kappa shape index (κ2) is 7.32. The van der Waals surface area contributed by atoms with Crippen LogP contribution in [0.15, 0.2) is 35.0 Å². The molecule has 1 aromatic carbocycles. The fourth-order valence-corrected chi connectivity index (χ4v) is 4.06. The summed E-state index contributed by atoms with van der Waals surface area (Å²) in [6.45, 7) is 1.24. The Labute approximate surface area is 144 Å². The van der Waals surface area contributed by atoms with E-state index < -0.39 is 5.97 Å². The first-order valence-corrected chi connectivity index (χ1v) is 8.87. The zero-order valence-corrected chi connectivity index (χ0v) is 14.3. The third kappa shape index (κ3) is 3.44. The van der Waals surface area contributed by atoms with E-state index in [1.165, 1.54) is 12.1 Å². The molecule has 24 heavy (non-hydrogen) atoms. The van der Waals surface area contributed by atoms with Gasteiger partial charge in [-0.2, -0.15) is 11.3 Å². The third-order valence-corrected chi connectivity index (χ3v) is 5.21. The number of methoxy groups -OCH3 is 1. The molecule has 0 amide bonds. The molecular formula is C18H20FNO3S. The summed E-state index contributed by atoms with van der Waals surface area (Å²) in [5, 5.41) is 13.4. The van der Waals surface area contributed by atoms with Crippen LogP contribution >= 0.6 is 11.3 Å². The van der Waals surface area contributed by atoms with E-state index in [1.54, 1.807) is 24.5 Å². The molecule has 0 spiro atoms. The molecule has 2 aromatic rings. The number of hydrogen-bond acceptors (Lipinski definition) is 4. The highest BCUT2D eigenvalue weighted by atomic mass is 32.1. The Morgan fingerprint density at radius 3 is 2.96 bits per heavy atom. The van der Waals surface area contributed by atoms with Crippen molar-refractivity contribution in [2.45, 2.75) is 18.9 Å². The maximum absolute atomic E-state index is 13.9. The topological polar surface area (TPSA) is 49.8 Å². The van der Waals surface area contributed by atoms with E-state index in [9.17, 15) is 14.3 Å². The number of carbonyl (C=O) groups is 1. The number of nitrogens with zero attached hydrogens (tertiary/aromatic N) is 1. The Kier molecular flexibility index (Phi) is 5.16. The Hall–Kier alpha value is -1.92. The fourth-order valence-electron chi connectivity index (χ4n) is 3.38. The Morgan fingerprint density at radius 1 is 1.46 bits per heavy atom. The number of likely N-dealkylation sites (tertiary alicyclic amines) is 1. The lowest BCUT2D eigenvalue weighted by Gasteiger charge is -2.37. The van der Waals surface area contributed by atoms with Crippen molar-refractivity contribution in [2.75, 3.05) is 20.2 Å². The first kappa shape index (κ1) is 16.9. The van der Waals surface area contributed by atoms with Crippen LogP contribution in [-0.4, -0.2) is 36.2 Å². The molecule has 0 saturated carbocycles. The zero-order valence-electron chi connectivity index (χ0n) is 13.4. The van der Waals surface area contributed by atoms with Crippen molar-refractivity contribution in [3.63, 3.8) is 0 Å². The van der Waals surface area contributed by atoms with Gasteiger partial charge in [-0.05, 0) is 60.0 Å². The molecule has 1 N–H and O–H groups in total. The summed E-state index contributed by atoms with van der Waals surface area (Å²) in [6.07, 6.45) is 1.50. The highest BCUT2D eigenvalue weighted by molar-refractivity contribution is 7.08. The van der Waals surface area contributed by atoms with E-state index in [4.69, 9.17) is 4.74 Å². The quantitative estimate of drug-likeness (QED) is 0.892. The zero-order chi connectivity index (χ0) is 17.1. The van der Waals surface area contributed by atoms with Crippen molar-refractivity contribution in [3.05, 3.63) is 52.0 Å². The van der Waals surface area contributed by atoms with Crippen molar-refractivity contribution >= 4 is 17.3 Å². The molecule has 1 aliphatic heterocycles. The molecular weight excluding hydrogens is 329 g/mol. The van der Waals surface area contributed by atoms with Crippen LogP contribution in [0, 0.1) is 11.7 Å². The van der Waals surface area contributed by atoms with Crippen LogP contribution in [0.5, 0.6) is 5.75 Å². The van der Waals surface area contributed by atoms with Gasteiger partial charge in [0.2, 0.25) is 0 Å². The monoisotopic (exact) mass is 349 g/mol. The maximum atomic E-state index is 13.9. The fraction of sp³-hybridized carbons (Fsp3) is 0.389. The van der Waals surface area contributed by atoms with Crippen molar-refractivity contribution < 1.29 is 19.0 Å². The van der Waals surface area contributed by atoms with E-state index in [1.807, 2.05) is 16.8 Å². The standard InChI is InChI=1S/C18H20FNO3S/c1-23-16-5-4-14(19)9-15(16)17(13-6-8-24-11-13)20-7-2-3-12(10-20)18(21)22/h4-6,8-9,11-12,17H,2-3,7,10H2,1H3,(H,21,22). The minimum Gasteiger partial charge on any atom is -0.496 e. The minimum atomic E-state index is -0.769. The van der Waals surface area contributed by atoms with Crippen LogP contribution in [0.3, 0.4) is 0 Å². The van der Waals surface area contributed by atoms with Gasteiger partial charge in [0.05, 0.1) is 19.1 Å². The summed E-state index contributed by atoms with van der Waals surface area (Å²) in [4.78, 5) is 13.5. The number of benzene rings is 1. The number of carboxylic acids is 1. The smallest absolute Gasteiger partial charge is 0.307 e. The number of aliphatic carboxylic acids is 1. The molecule has 1 aliphatic rings. The molecule has 0 aliphatic carbocycles. The maximum Gasteiger partial charge on any atom is 0.307 e. The summed E-state index contributed by atoms with van der Waals surface area (Å²) >= 11 is 1.57. The third-order valence-electron chi connectivity index (χ3n) is 4.51. The van der Waals surface area contributed by atoms with Crippen LogP contribution in [0.2, 0.25) is 0 Å². The largest absolute Gasteiger partial charge is 0.496 e. The molecule has 2 atom stereocenters. The summed E-state index contributed by atoms with van der Waals surface area (Å²) in [7, 11) is 1.57. The van der Waals surface area contributed by atoms with Gasteiger partial charge in [-0.1, -0.05) is 0 Å². The molecule has 2 heterocycles. The Morgan fingerprint density at radius 2 is 2.29 bits per heavy atom. The van der Waals surface area contributed by atoms with Crippen molar-refractivity contribution in [2.24, 2.45) is 5.92 Å². The van der Waals surface area contributed by atoms with Gasteiger partial charge >= 0.3 is 5.97 Å². The number of carboxylic acid groups (broad SMARTS) is 1. The molecule has 3 rings (SSSR count). The lowest BCUT2D eigenvalue weighted by Crippen LogP contribution is -2.41. The number of hydrogen-bond donors (Lipinski definition) is 1. The average Bonchev–Trinajstić information content (AvgIpc) is 3.10. The van der Waals surface area contributed by atoms with Gasteiger partial charge < -0.3 is 9.84 Å². The molecule has 2 unspecified atom stereocenters. The molecule has 0 radical (unpaired) electrons. The SMILES string of the molecule is COc1ccc(F)cc1C(c1ccsc1)N1CCCC(C(=O)O)C1. The number of halogens is 1. The summed E-state index contributed by atoms with van der Waals surface area (Å²) in [5.41, 5.74) is 1.77. The van der Waals surface area contributed by atoms with E-state index in [0.29, 0.717) is 18.7 Å². The van der Waals surface area contributed by atoms with E-state index in [-0.39, 0.29) is 17.8 Å². The number of ether oxygens (including phenoxy) is 1. The van der Waals surface area contributed by atoms with Crippen molar-refractivity contribution in [1.82, 2.24) is 4.90 Å². The second-order valence-electron chi connectivity index (χ2n) is 6.02. The number of rotatable bonds is 5. The van der Waals surface area contributed by atoms with Crippen molar-refractivity contribution in [3.8, 4) is 5.75 Å². The van der Waals surface area contributed by atoms with E-state index in [2.05, 4.69) is 4.90 Å². The Balaban J connectivity index is 2.02. The van der Waals surface area contributed by atoms with Crippen LogP contribution in [0.25, 0.3) is 0 Å². The highest BCUT2D eigenvalue weighted by Crippen LogP contribution is 2.38. The number of thiophene rings is 1. The molecule has 0 bridgehead atoms. The van der Waals surface area contributed by atoms with Crippen LogP contribution in [-0.2, 0) is 4.79 Å².